The second-order valence-electron chi connectivity index (χ2n) is 4.22. The van der Waals surface area contributed by atoms with Crippen LogP contribution in [0.1, 0.15) is 27.0 Å². The van der Waals surface area contributed by atoms with E-state index in [0.717, 1.165) is 6.07 Å². The lowest BCUT2D eigenvalue weighted by molar-refractivity contribution is 0.101. The third kappa shape index (κ3) is 2.10. The normalized spacial score (nSPS) is 12.0. The fraction of sp³-hybridized carbons (Fsp3) is 0. The topological polar surface area (TPSA) is 29.4 Å². The molecule has 0 fully saturated rings. The first kappa shape index (κ1) is 12.2. The molecule has 0 N–H and O–H groups in total. The Hall–Kier alpha value is -2.80. The molecule has 4 heteroatoms. The smallest absolute Gasteiger partial charge is 0.267 e. The van der Waals surface area contributed by atoms with Crippen LogP contribution in [0.25, 0.3) is 0 Å². The summed E-state index contributed by atoms with van der Waals surface area (Å²) in [4.78, 5) is 15.0. The van der Waals surface area contributed by atoms with Crippen LogP contribution in [0.15, 0.2) is 41.4 Å². The zero-order chi connectivity index (χ0) is 14.1. The number of fused-ring (bicyclic) bond motifs is 1. The van der Waals surface area contributed by atoms with Gasteiger partial charge in [-0.1, -0.05) is 17.9 Å². The molecule has 2 nitrogen and oxygen atoms in total. The van der Waals surface area contributed by atoms with E-state index in [1.54, 1.807) is 18.2 Å². The van der Waals surface area contributed by atoms with Crippen LogP contribution in [0.2, 0.25) is 0 Å². The monoisotopic (exact) mass is 267 g/mol. The maximum Gasteiger partial charge on any atom is 0.277 e. The van der Waals surface area contributed by atoms with Crippen LogP contribution in [0.5, 0.6) is 0 Å². The molecule has 1 amide bonds. The van der Waals surface area contributed by atoms with Gasteiger partial charge in [-0.25, -0.2) is 13.8 Å². The van der Waals surface area contributed by atoms with Crippen LogP contribution < -0.4 is 0 Å². The summed E-state index contributed by atoms with van der Waals surface area (Å²) in [6.07, 6.45) is 1.46. The van der Waals surface area contributed by atoms with E-state index in [4.69, 9.17) is 0 Å². The van der Waals surface area contributed by atoms with Gasteiger partial charge in [-0.05, 0) is 30.3 Å². The van der Waals surface area contributed by atoms with Gasteiger partial charge in [0.25, 0.3) is 5.91 Å². The largest absolute Gasteiger partial charge is 0.277 e. The molecule has 0 aliphatic carbocycles. The summed E-state index contributed by atoms with van der Waals surface area (Å²) in [5.41, 5.74) is 1.80. The molecule has 3 rings (SSSR count). The van der Waals surface area contributed by atoms with Crippen molar-refractivity contribution in [2.75, 3.05) is 0 Å². The molecule has 0 unspecified atom stereocenters. The van der Waals surface area contributed by atoms with E-state index in [1.807, 2.05) is 0 Å². The molecule has 0 saturated carbocycles. The van der Waals surface area contributed by atoms with Crippen molar-refractivity contribution in [2.24, 2.45) is 4.99 Å². The van der Waals surface area contributed by atoms with Crippen LogP contribution in [0.4, 0.5) is 8.78 Å². The maximum atomic E-state index is 13.4. The maximum absolute atomic E-state index is 13.4. The fourth-order valence-corrected chi connectivity index (χ4v) is 1.88. The average Bonchev–Trinajstić information content (AvgIpc) is 2.82. The molecular formula is C16H7F2NO. The number of hydrogen-bond acceptors (Lipinski definition) is 1. The van der Waals surface area contributed by atoms with E-state index in [9.17, 15) is 13.6 Å². The van der Waals surface area contributed by atoms with Gasteiger partial charge >= 0.3 is 0 Å². The van der Waals surface area contributed by atoms with Gasteiger partial charge in [0.2, 0.25) is 0 Å². The highest BCUT2D eigenvalue weighted by atomic mass is 19.2. The lowest BCUT2D eigenvalue weighted by atomic mass is 10.1. The molecule has 0 radical (unpaired) electrons. The van der Waals surface area contributed by atoms with Crippen molar-refractivity contribution in [3.8, 4) is 11.8 Å². The molecule has 0 spiro atoms. The third-order valence-corrected chi connectivity index (χ3v) is 2.90. The van der Waals surface area contributed by atoms with Gasteiger partial charge in [-0.15, -0.1) is 0 Å². The first-order chi connectivity index (χ1) is 9.65. The Bertz CT molecular complexity index is 813. The van der Waals surface area contributed by atoms with E-state index >= 15 is 0 Å². The minimum atomic E-state index is -0.960. The Labute approximate surface area is 113 Å². The number of halogens is 2. The van der Waals surface area contributed by atoms with Gasteiger partial charge in [0, 0.05) is 17.3 Å². The van der Waals surface area contributed by atoms with Crippen molar-refractivity contribution in [2.45, 2.75) is 0 Å². The summed E-state index contributed by atoms with van der Waals surface area (Å²) >= 11 is 0. The number of carbonyl (C=O) groups excluding carboxylic acids is 1. The number of rotatable bonds is 0. The molecule has 2 aromatic carbocycles. The number of benzene rings is 2. The lowest BCUT2D eigenvalue weighted by Gasteiger charge is -1.97. The SMILES string of the molecule is O=C1N=Cc2cc(C#Cc3cccc(F)c3F)ccc21. The molecule has 0 atom stereocenters. The number of nitrogens with zero attached hydrogens (tertiary/aromatic N) is 1. The minimum absolute atomic E-state index is 0.00441. The highest BCUT2D eigenvalue weighted by Gasteiger charge is 2.14. The summed E-state index contributed by atoms with van der Waals surface area (Å²) < 4.78 is 26.5. The van der Waals surface area contributed by atoms with Gasteiger partial charge in [0.1, 0.15) is 0 Å². The van der Waals surface area contributed by atoms with Crippen molar-refractivity contribution in [3.05, 3.63) is 70.3 Å². The minimum Gasteiger partial charge on any atom is -0.267 e. The second kappa shape index (κ2) is 4.71. The van der Waals surface area contributed by atoms with Gasteiger partial charge < -0.3 is 0 Å². The van der Waals surface area contributed by atoms with E-state index in [1.165, 1.54) is 18.3 Å². The molecule has 0 saturated heterocycles. The molecule has 20 heavy (non-hydrogen) atoms. The molecule has 96 valence electrons. The van der Waals surface area contributed by atoms with E-state index < -0.39 is 11.6 Å². The molecule has 2 aromatic rings. The summed E-state index contributed by atoms with van der Waals surface area (Å²) in [5, 5.41) is 0. The number of hydrogen-bond donors (Lipinski definition) is 0. The third-order valence-electron chi connectivity index (χ3n) is 2.90. The predicted molar refractivity (Wildman–Crippen MR) is 70.7 cm³/mol. The highest BCUT2D eigenvalue weighted by Crippen LogP contribution is 2.16. The van der Waals surface area contributed by atoms with E-state index in [-0.39, 0.29) is 11.5 Å². The predicted octanol–water partition coefficient (Wildman–Crippen LogP) is 2.94. The molecule has 0 aromatic heterocycles. The van der Waals surface area contributed by atoms with E-state index in [2.05, 4.69) is 16.8 Å². The van der Waals surface area contributed by atoms with Crippen LogP contribution in [-0.2, 0) is 0 Å². The Balaban J connectivity index is 1.97. The highest BCUT2D eigenvalue weighted by molar-refractivity contribution is 6.13. The Morgan fingerprint density at radius 1 is 1.05 bits per heavy atom. The molecule has 1 aliphatic heterocycles. The summed E-state index contributed by atoms with van der Waals surface area (Å²) in [6, 6.07) is 8.80. The second-order valence-corrected chi connectivity index (χ2v) is 4.22. The average molecular weight is 267 g/mol. The Morgan fingerprint density at radius 2 is 1.90 bits per heavy atom. The number of carbonyl (C=O) groups is 1. The van der Waals surface area contributed by atoms with Crippen LogP contribution in [0, 0.1) is 23.5 Å². The molecule has 1 aliphatic rings. The van der Waals surface area contributed by atoms with Gasteiger partial charge in [0.05, 0.1) is 11.1 Å². The van der Waals surface area contributed by atoms with Crippen molar-refractivity contribution in [3.63, 3.8) is 0 Å². The summed E-state index contributed by atoms with van der Waals surface area (Å²) in [7, 11) is 0. The van der Waals surface area contributed by atoms with Gasteiger partial charge in [0.15, 0.2) is 11.6 Å². The summed E-state index contributed by atoms with van der Waals surface area (Å²) in [6.45, 7) is 0. The van der Waals surface area contributed by atoms with Crippen molar-refractivity contribution in [1.29, 1.82) is 0 Å². The Kier molecular flexibility index (Phi) is 2.88. The first-order valence-corrected chi connectivity index (χ1v) is 5.83. The van der Waals surface area contributed by atoms with Crippen molar-refractivity contribution < 1.29 is 13.6 Å². The van der Waals surface area contributed by atoms with Crippen LogP contribution in [-0.4, -0.2) is 12.1 Å². The quantitative estimate of drug-likeness (QED) is 0.675. The lowest BCUT2D eigenvalue weighted by Crippen LogP contribution is -1.92. The molecule has 0 bridgehead atoms. The van der Waals surface area contributed by atoms with Crippen LogP contribution in [0.3, 0.4) is 0 Å². The van der Waals surface area contributed by atoms with Crippen LogP contribution >= 0.6 is 0 Å². The van der Waals surface area contributed by atoms with Crippen molar-refractivity contribution in [1.82, 2.24) is 0 Å². The van der Waals surface area contributed by atoms with E-state index in [0.29, 0.717) is 16.7 Å². The zero-order valence-corrected chi connectivity index (χ0v) is 10.2. The fourth-order valence-electron chi connectivity index (χ4n) is 1.88. The molecule has 1 heterocycles. The van der Waals surface area contributed by atoms with Crippen molar-refractivity contribution >= 4 is 12.1 Å². The van der Waals surface area contributed by atoms with Gasteiger partial charge in [-0.3, -0.25) is 4.79 Å². The first-order valence-electron chi connectivity index (χ1n) is 5.83. The number of amides is 1. The molecular weight excluding hydrogens is 260 g/mol. The zero-order valence-electron chi connectivity index (χ0n) is 10.2. The Morgan fingerprint density at radius 3 is 2.75 bits per heavy atom. The summed E-state index contributed by atoms with van der Waals surface area (Å²) in [5.74, 6) is 3.15. The number of aliphatic imine (C=N–C) groups is 1. The standard InChI is InChI=1S/C16H7F2NO/c17-14-3-1-2-11(15(14)18)6-4-10-5-7-13-12(8-10)9-19-16(13)20/h1-3,5,7-9H. The van der Waals surface area contributed by atoms with Gasteiger partial charge in [-0.2, -0.15) is 0 Å².